The molecule has 0 aliphatic carbocycles. The molecular weight excluding hydrogens is 291 g/mol. The lowest BCUT2D eigenvalue weighted by Gasteiger charge is -2.14. The summed E-state index contributed by atoms with van der Waals surface area (Å²) in [6.45, 7) is 0. The summed E-state index contributed by atoms with van der Waals surface area (Å²) in [6.07, 6.45) is 0.376. The number of hydrogen-bond acceptors (Lipinski definition) is 6. The van der Waals surface area contributed by atoms with Crippen LogP contribution in [0.25, 0.3) is 0 Å². The van der Waals surface area contributed by atoms with Crippen LogP contribution in [0.1, 0.15) is 6.42 Å². The third-order valence-corrected chi connectivity index (χ3v) is 4.83. The van der Waals surface area contributed by atoms with Crippen LogP contribution in [0.2, 0.25) is 0 Å². The second-order valence-corrected chi connectivity index (χ2v) is 6.73. The first-order chi connectivity index (χ1) is 9.32. The third-order valence-electron chi connectivity index (χ3n) is 3.06. The summed E-state index contributed by atoms with van der Waals surface area (Å²) in [5, 5.41) is 13.5. The van der Waals surface area contributed by atoms with E-state index in [4.69, 9.17) is 4.74 Å². The summed E-state index contributed by atoms with van der Waals surface area (Å²) in [7, 11) is -1.85. The van der Waals surface area contributed by atoms with Crippen molar-refractivity contribution in [3.05, 3.63) is 28.1 Å². The molecule has 1 aromatic rings. The van der Waals surface area contributed by atoms with Gasteiger partial charge in [0.1, 0.15) is 0 Å². The fraction of sp³-hybridized carbons (Fsp3) is 0.455. The predicted octanol–water partition coefficient (Wildman–Crippen LogP) is 1.34. The van der Waals surface area contributed by atoms with Crippen LogP contribution in [-0.2, 0) is 9.84 Å². The number of methoxy groups -OCH3 is 1. The van der Waals surface area contributed by atoms with Gasteiger partial charge >= 0.3 is 5.69 Å². The van der Waals surface area contributed by atoms with Crippen molar-refractivity contribution in [1.29, 1.82) is 0 Å². The van der Waals surface area contributed by atoms with Gasteiger partial charge in [-0.2, -0.15) is 0 Å². The van der Waals surface area contributed by atoms with Crippen LogP contribution in [0, 0.1) is 15.9 Å². The first kappa shape index (κ1) is 14.5. The maximum Gasteiger partial charge on any atom is 0.313 e. The minimum atomic E-state index is -3.09. The van der Waals surface area contributed by atoms with Gasteiger partial charge in [0.25, 0.3) is 0 Å². The lowest BCUT2D eigenvalue weighted by Crippen LogP contribution is -2.21. The number of benzene rings is 1. The van der Waals surface area contributed by atoms with Crippen molar-refractivity contribution < 1.29 is 22.5 Å². The van der Waals surface area contributed by atoms with Gasteiger partial charge in [-0.25, -0.2) is 12.8 Å². The maximum absolute atomic E-state index is 13.8. The molecule has 0 saturated carbocycles. The Balaban J connectivity index is 2.27. The molecule has 1 saturated heterocycles. The molecule has 1 heterocycles. The molecule has 1 fully saturated rings. The monoisotopic (exact) mass is 304 g/mol. The summed E-state index contributed by atoms with van der Waals surface area (Å²) in [5.41, 5.74) is -0.482. The van der Waals surface area contributed by atoms with Crippen LogP contribution >= 0.6 is 0 Å². The average molecular weight is 304 g/mol. The zero-order valence-electron chi connectivity index (χ0n) is 10.6. The largest absolute Gasteiger partial charge is 0.490 e. The fourth-order valence-corrected chi connectivity index (χ4v) is 3.76. The number of anilines is 1. The number of hydrogen-bond donors (Lipinski definition) is 1. The van der Waals surface area contributed by atoms with Gasteiger partial charge in [0.15, 0.2) is 21.4 Å². The third kappa shape index (κ3) is 2.98. The highest BCUT2D eigenvalue weighted by molar-refractivity contribution is 7.91. The van der Waals surface area contributed by atoms with Crippen LogP contribution < -0.4 is 10.1 Å². The van der Waals surface area contributed by atoms with Gasteiger partial charge < -0.3 is 10.1 Å². The quantitative estimate of drug-likeness (QED) is 0.666. The molecule has 2 rings (SSSR count). The van der Waals surface area contributed by atoms with Gasteiger partial charge in [-0.15, -0.1) is 0 Å². The van der Waals surface area contributed by atoms with E-state index in [9.17, 15) is 22.9 Å². The molecule has 1 unspecified atom stereocenters. The first-order valence-corrected chi connectivity index (χ1v) is 7.63. The molecule has 0 bridgehead atoms. The zero-order valence-corrected chi connectivity index (χ0v) is 11.4. The van der Waals surface area contributed by atoms with E-state index in [1.165, 1.54) is 13.2 Å². The van der Waals surface area contributed by atoms with E-state index in [-0.39, 0.29) is 22.9 Å². The topological polar surface area (TPSA) is 98.5 Å². The van der Waals surface area contributed by atoms with Gasteiger partial charge in [-0.1, -0.05) is 0 Å². The Labute approximate surface area is 114 Å². The van der Waals surface area contributed by atoms with Gasteiger partial charge in [0.05, 0.1) is 35.3 Å². The highest BCUT2D eigenvalue weighted by atomic mass is 32.2. The Morgan fingerprint density at radius 1 is 1.50 bits per heavy atom. The van der Waals surface area contributed by atoms with E-state index in [0.717, 1.165) is 6.07 Å². The summed E-state index contributed by atoms with van der Waals surface area (Å²) < 4.78 is 41.3. The smallest absolute Gasteiger partial charge is 0.313 e. The van der Waals surface area contributed by atoms with Crippen molar-refractivity contribution in [3.63, 3.8) is 0 Å². The highest BCUT2D eigenvalue weighted by Gasteiger charge is 2.29. The molecule has 1 aliphatic rings. The Hall–Kier alpha value is -1.90. The molecule has 20 heavy (non-hydrogen) atoms. The Morgan fingerprint density at radius 2 is 2.20 bits per heavy atom. The Bertz CT molecular complexity index is 646. The molecule has 1 aliphatic heterocycles. The molecule has 1 N–H and O–H groups in total. The molecule has 0 aromatic heterocycles. The summed E-state index contributed by atoms with van der Waals surface area (Å²) in [5.74, 6) is -0.927. The van der Waals surface area contributed by atoms with Crippen molar-refractivity contribution >= 4 is 21.2 Å². The highest BCUT2D eigenvalue weighted by Crippen LogP contribution is 2.33. The van der Waals surface area contributed by atoms with E-state index < -0.39 is 32.3 Å². The lowest BCUT2D eigenvalue weighted by molar-refractivity contribution is -0.385. The van der Waals surface area contributed by atoms with Gasteiger partial charge in [-0.05, 0) is 6.42 Å². The van der Waals surface area contributed by atoms with E-state index in [1.807, 2.05) is 0 Å². The van der Waals surface area contributed by atoms with Crippen LogP contribution in [0.15, 0.2) is 12.1 Å². The molecule has 7 nitrogen and oxygen atoms in total. The second-order valence-electron chi connectivity index (χ2n) is 4.51. The Kier molecular flexibility index (Phi) is 3.80. The molecule has 1 atom stereocenters. The van der Waals surface area contributed by atoms with E-state index in [2.05, 4.69) is 5.32 Å². The SMILES string of the molecule is COc1cc(NC2CCS(=O)(=O)C2)c(F)cc1[N+](=O)[O-]. The molecule has 110 valence electrons. The number of nitrogens with zero attached hydrogens (tertiary/aromatic N) is 1. The van der Waals surface area contributed by atoms with Crippen LogP contribution in [0.3, 0.4) is 0 Å². The molecular formula is C11H13FN2O5S. The molecule has 1 aromatic carbocycles. The van der Waals surface area contributed by atoms with Crippen molar-refractivity contribution in [2.24, 2.45) is 0 Å². The lowest BCUT2D eigenvalue weighted by atomic mass is 10.2. The number of nitro groups is 1. The van der Waals surface area contributed by atoms with Gasteiger partial charge in [-0.3, -0.25) is 10.1 Å². The fourth-order valence-electron chi connectivity index (χ4n) is 2.09. The van der Waals surface area contributed by atoms with Crippen LogP contribution in [0.4, 0.5) is 15.8 Å². The molecule has 9 heteroatoms. The number of rotatable bonds is 4. The number of ether oxygens (including phenoxy) is 1. The van der Waals surface area contributed by atoms with Crippen LogP contribution in [-0.4, -0.2) is 38.0 Å². The minimum Gasteiger partial charge on any atom is -0.490 e. The molecule has 0 spiro atoms. The van der Waals surface area contributed by atoms with Gasteiger partial charge in [0.2, 0.25) is 0 Å². The Morgan fingerprint density at radius 3 is 2.70 bits per heavy atom. The van der Waals surface area contributed by atoms with E-state index in [1.54, 1.807) is 0 Å². The number of nitrogens with one attached hydrogen (secondary N) is 1. The van der Waals surface area contributed by atoms with Crippen molar-refractivity contribution in [2.75, 3.05) is 23.9 Å². The van der Waals surface area contributed by atoms with Gasteiger partial charge in [0, 0.05) is 12.1 Å². The normalized spacial score (nSPS) is 20.6. The number of halogens is 1. The number of sulfone groups is 1. The van der Waals surface area contributed by atoms with Crippen molar-refractivity contribution in [1.82, 2.24) is 0 Å². The maximum atomic E-state index is 13.8. The minimum absolute atomic E-state index is 0.00505. The standard InChI is InChI=1S/C11H13FN2O5S/c1-19-11-5-9(8(12)4-10(11)14(15)16)13-7-2-3-20(17,18)6-7/h4-5,7,13H,2-3,6H2,1H3. The number of nitro benzene ring substituents is 1. The summed E-state index contributed by atoms with van der Waals surface area (Å²) >= 11 is 0. The van der Waals surface area contributed by atoms with Crippen molar-refractivity contribution in [3.8, 4) is 5.75 Å². The predicted molar refractivity (Wildman–Crippen MR) is 70.3 cm³/mol. The zero-order chi connectivity index (χ0) is 14.9. The van der Waals surface area contributed by atoms with Crippen molar-refractivity contribution in [2.45, 2.75) is 12.5 Å². The van der Waals surface area contributed by atoms with Crippen LogP contribution in [0.5, 0.6) is 5.75 Å². The first-order valence-electron chi connectivity index (χ1n) is 5.81. The average Bonchev–Trinajstić information content (AvgIpc) is 2.70. The second kappa shape index (κ2) is 5.23. The van der Waals surface area contributed by atoms with E-state index in [0.29, 0.717) is 6.42 Å². The summed E-state index contributed by atoms with van der Waals surface area (Å²) in [6, 6.07) is 1.52. The molecule has 0 amide bonds. The van der Waals surface area contributed by atoms with E-state index >= 15 is 0 Å². The molecule has 0 radical (unpaired) electrons. The summed E-state index contributed by atoms with van der Waals surface area (Å²) in [4.78, 5) is 9.99.